The van der Waals surface area contributed by atoms with Crippen LogP contribution >= 0.6 is 0 Å². The molecule has 10 heteroatoms. The maximum atomic E-state index is 13.5. The summed E-state index contributed by atoms with van der Waals surface area (Å²) in [6, 6.07) is 17.3. The summed E-state index contributed by atoms with van der Waals surface area (Å²) in [6.45, 7) is 5.24. The zero-order valence-corrected chi connectivity index (χ0v) is 22.7. The second kappa shape index (κ2) is 11.7. The van der Waals surface area contributed by atoms with E-state index < -0.39 is 29.5 Å². The normalized spacial score (nSPS) is 14.6. The molecule has 0 aromatic heterocycles. The van der Waals surface area contributed by atoms with Crippen molar-refractivity contribution in [3.63, 3.8) is 0 Å². The average molecular weight is 557 g/mol. The van der Waals surface area contributed by atoms with Crippen molar-refractivity contribution < 1.29 is 38.2 Å². The van der Waals surface area contributed by atoms with Crippen LogP contribution in [0.3, 0.4) is 0 Å². The number of hydrogen-bond acceptors (Lipinski definition) is 10. The molecule has 0 amide bonds. The number of para-hydroxylation sites is 1. The molecule has 5 rings (SSSR count). The van der Waals surface area contributed by atoms with Crippen LogP contribution in [0, 0.1) is 0 Å². The van der Waals surface area contributed by atoms with Crippen molar-refractivity contribution in [3.05, 3.63) is 88.5 Å². The maximum Gasteiger partial charge on any atom is 0.320 e. The minimum atomic E-state index is -0.699. The summed E-state index contributed by atoms with van der Waals surface area (Å²) in [4.78, 5) is 67.4. The maximum absolute atomic E-state index is 13.5. The minimum Gasteiger partial charge on any atom is -0.460 e. The fourth-order valence-corrected chi connectivity index (χ4v) is 5.06. The molecule has 3 aromatic rings. The third-order valence-electron chi connectivity index (χ3n) is 6.89. The van der Waals surface area contributed by atoms with E-state index in [4.69, 9.17) is 14.2 Å². The lowest BCUT2D eigenvalue weighted by atomic mass is 9.82. The number of ether oxygens (including phenoxy) is 3. The monoisotopic (exact) mass is 556 g/mol. The van der Waals surface area contributed by atoms with Gasteiger partial charge in [-0.3, -0.25) is 28.9 Å². The third-order valence-corrected chi connectivity index (χ3v) is 6.89. The van der Waals surface area contributed by atoms with E-state index in [1.54, 1.807) is 0 Å². The smallest absolute Gasteiger partial charge is 0.320 e. The predicted molar refractivity (Wildman–Crippen MR) is 147 cm³/mol. The Balaban J connectivity index is 1.31. The second-order valence-corrected chi connectivity index (χ2v) is 9.80. The van der Waals surface area contributed by atoms with Gasteiger partial charge in [-0.05, 0) is 35.9 Å². The number of hydrogen-bond donors (Lipinski definition) is 0. The number of carbonyl (C=O) groups excluding carboxylic acids is 5. The third kappa shape index (κ3) is 6.02. The Morgan fingerprint density at radius 2 is 1.39 bits per heavy atom. The predicted octanol–water partition coefficient (Wildman–Crippen LogP) is 3.18. The van der Waals surface area contributed by atoms with Gasteiger partial charge in [0.1, 0.15) is 18.1 Å². The van der Waals surface area contributed by atoms with E-state index in [-0.39, 0.29) is 46.9 Å². The first-order valence-electron chi connectivity index (χ1n) is 13.2. The molecule has 0 spiro atoms. The summed E-state index contributed by atoms with van der Waals surface area (Å²) in [5, 5.41) is 0. The number of benzene rings is 3. The van der Waals surface area contributed by atoms with Crippen molar-refractivity contribution in [1.82, 2.24) is 4.90 Å². The number of rotatable bonds is 7. The number of fused-ring (bicyclic) bond motifs is 2. The largest absolute Gasteiger partial charge is 0.460 e. The number of piperazine rings is 1. The van der Waals surface area contributed by atoms with E-state index in [0.717, 1.165) is 18.8 Å². The zero-order chi connectivity index (χ0) is 29.1. The SMILES string of the molecule is CC(=O)Oc1cccc2c1C(=O)c1c(OC(C)=O)cc(COC(=O)CN3CCN(c4ccccc4)CC3)cc1C2=O. The van der Waals surface area contributed by atoms with Crippen LogP contribution in [0.15, 0.2) is 60.7 Å². The highest BCUT2D eigenvalue weighted by molar-refractivity contribution is 6.30. The van der Waals surface area contributed by atoms with E-state index in [2.05, 4.69) is 17.0 Å². The molecule has 10 nitrogen and oxygen atoms in total. The van der Waals surface area contributed by atoms with Crippen LogP contribution in [0.5, 0.6) is 11.5 Å². The van der Waals surface area contributed by atoms with E-state index in [0.29, 0.717) is 18.7 Å². The Kier molecular flexibility index (Phi) is 7.93. The fourth-order valence-electron chi connectivity index (χ4n) is 5.06. The molecule has 1 aliphatic heterocycles. The molecule has 2 aliphatic rings. The lowest BCUT2D eigenvalue weighted by Crippen LogP contribution is -2.48. The Bertz CT molecular complexity index is 1540. The molecular weight excluding hydrogens is 528 g/mol. The molecule has 0 saturated carbocycles. The molecule has 0 bridgehead atoms. The van der Waals surface area contributed by atoms with Crippen LogP contribution < -0.4 is 14.4 Å². The van der Waals surface area contributed by atoms with Crippen molar-refractivity contribution in [2.45, 2.75) is 20.5 Å². The quantitative estimate of drug-likeness (QED) is 0.248. The van der Waals surface area contributed by atoms with Gasteiger partial charge in [-0.2, -0.15) is 0 Å². The zero-order valence-electron chi connectivity index (χ0n) is 22.7. The first-order chi connectivity index (χ1) is 19.7. The minimum absolute atomic E-state index is 0.00399. The Hall–Kier alpha value is -4.83. The molecule has 0 N–H and O–H groups in total. The lowest BCUT2D eigenvalue weighted by Gasteiger charge is -2.35. The summed E-state index contributed by atoms with van der Waals surface area (Å²) in [5.74, 6) is -3.13. The summed E-state index contributed by atoms with van der Waals surface area (Å²) in [5.41, 5.74) is 1.37. The number of anilines is 1. The molecular formula is C31H28N2O8. The molecule has 0 unspecified atom stereocenters. The molecule has 0 atom stereocenters. The molecule has 0 radical (unpaired) electrons. The van der Waals surface area contributed by atoms with Crippen molar-refractivity contribution in [1.29, 1.82) is 0 Å². The molecule has 41 heavy (non-hydrogen) atoms. The number of carbonyl (C=O) groups is 5. The first-order valence-corrected chi connectivity index (χ1v) is 13.2. The fraction of sp³-hybridized carbons (Fsp3) is 0.258. The summed E-state index contributed by atoms with van der Waals surface area (Å²) in [7, 11) is 0. The topological polar surface area (TPSA) is 120 Å². The van der Waals surface area contributed by atoms with Gasteiger partial charge in [-0.15, -0.1) is 0 Å². The van der Waals surface area contributed by atoms with Crippen molar-refractivity contribution in [3.8, 4) is 11.5 Å². The van der Waals surface area contributed by atoms with E-state index >= 15 is 0 Å². The van der Waals surface area contributed by atoms with Gasteiger partial charge in [0.15, 0.2) is 5.78 Å². The van der Waals surface area contributed by atoms with Crippen molar-refractivity contribution >= 4 is 35.2 Å². The highest BCUT2D eigenvalue weighted by Crippen LogP contribution is 2.38. The van der Waals surface area contributed by atoms with Gasteiger partial charge in [0.05, 0.1) is 17.7 Å². The highest BCUT2D eigenvalue weighted by Gasteiger charge is 2.36. The van der Waals surface area contributed by atoms with Crippen LogP contribution in [0.1, 0.15) is 51.3 Å². The van der Waals surface area contributed by atoms with Crippen LogP contribution in [0.2, 0.25) is 0 Å². The van der Waals surface area contributed by atoms with Crippen LogP contribution in [-0.2, 0) is 25.7 Å². The van der Waals surface area contributed by atoms with E-state index in [1.165, 1.54) is 44.2 Å². The van der Waals surface area contributed by atoms with Crippen molar-refractivity contribution in [2.24, 2.45) is 0 Å². The standard InChI is InChI=1S/C31H28N2O8/c1-19(34)40-25-10-6-9-23-28(25)31(38)29-24(30(23)37)15-21(16-26(29)41-20(2)35)18-39-27(36)17-32-11-13-33(14-12-32)22-7-4-3-5-8-22/h3-10,15-16H,11-14,17-18H2,1-2H3. The summed E-state index contributed by atoms with van der Waals surface area (Å²) in [6.07, 6.45) is 0. The number of esters is 3. The number of nitrogens with zero attached hydrogens (tertiary/aromatic N) is 2. The Morgan fingerprint density at radius 1 is 0.732 bits per heavy atom. The second-order valence-electron chi connectivity index (χ2n) is 9.80. The molecule has 210 valence electrons. The van der Waals surface area contributed by atoms with Gasteiger partial charge in [0.25, 0.3) is 0 Å². The summed E-state index contributed by atoms with van der Waals surface area (Å²) >= 11 is 0. The van der Waals surface area contributed by atoms with Gasteiger partial charge in [-0.25, -0.2) is 0 Å². The lowest BCUT2D eigenvalue weighted by molar-refractivity contribution is -0.146. The van der Waals surface area contributed by atoms with Gasteiger partial charge >= 0.3 is 17.9 Å². The van der Waals surface area contributed by atoms with Gasteiger partial charge in [-0.1, -0.05) is 30.3 Å². The molecule has 1 saturated heterocycles. The summed E-state index contributed by atoms with van der Waals surface area (Å²) < 4.78 is 16.0. The van der Waals surface area contributed by atoms with Gasteiger partial charge < -0.3 is 19.1 Å². The molecule has 1 heterocycles. The van der Waals surface area contributed by atoms with Crippen LogP contribution in [0.4, 0.5) is 5.69 Å². The van der Waals surface area contributed by atoms with E-state index in [1.807, 2.05) is 23.1 Å². The van der Waals surface area contributed by atoms with Crippen LogP contribution in [0.25, 0.3) is 0 Å². The van der Waals surface area contributed by atoms with Crippen LogP contribution in [-0.4, -0.2) is 67.1 Å². The van der Waals surface area contributed by atoms with Gasteiger partial charge in [0.2, 0.25) is 5.78 Å². The van der Waals surface area contributed by atoms with E-state index in [9.17, 15) is 24.0 Å². The van der Waals surface area contributed by atoms with Crippen molar-refractivity contribution in [2.75, 3.05) is 37.6 Å². The Morgan fingerprint density at radius 3 is 2.07 bits per heavy atom. The molecule has 1 aliphatic carbocycles. The highest BCUT2D eigenvalue weighted by atomic mass is 16.5. The van der Waals surface area contributed by atoms with Gasteiger partial charge in [0, 0.05) is 56.8 Å². The average Bonchev–Trinajstić information content (AvgIpc) is 2.95. The molecule has 1 fully saturated rings. The Labute approximate surface area is 236 Å². The molecule has 3 aromatic carbocycles. The first kappa shape index (κ1) is 27.7. The number of ketones is 2.